The van der Waals surface area contributed by atoms with Gasteiger partial charge in [0.1, 0.15) is 5.56 Å². The smallest absolute Gasteiger partial charge is 0.340 e. The van der Waals surface area contributed by atoms with Crippen molar-refractivity contribution in [2.45, 2.75) is 11.6 Å². The van der Waals surface area contributed by atoms with Crippen molar-refractivity contribution in [3.05, 3.63) is 46.1 Å². The van der Waals surface area contributed by atoms with E-state index in [1.165, 1.54) is 7.05 Å². The van der Waals surface area contributed by atoms with Crippen LogP contribution < -0.4 is 0 Å². The van der Waals surface area contributed by atoms with E-state index in [1.54, 1.807) is 24.3 Å². The maximum absolute atomic E-state index is 12.4. The number of halogens is 1. The second-order valence-corrected chi connectivity index (χ2v) is 7.20. The Balaban J connectivity index is 2.28. The molecule has 9 heteroatoms. The number of benzene rings is 1. The summed E-state index contributed by atoms with van der Waals surface area (Å²) in [4.78, 5) is 11.0. The first kappa shape index (κ1) is 15.7. The molecule has 1 aromatic carbocycles. The van der Waals surface area contributed by atoms with Crippen LogP contribution >= 0.6 is 15.9 Å². The Labute approximate surface area is 129 Å². The molecule has 0 aliphatic carbocycles. The molecule has 0 saturated carbocycles. The number of carboxylic acid groups (broad SMARTS) is 1. The third-order valence-electron chi connectivity index (χ3n) is 2.82. The molecule has 0 amide bonds. The van der Waals surface area contributed by atoms with E-state index in [1.807, 2.05) is 0 Å². The van der Waals surface area contributed by atoms with Crippen molar-refractivity contribution in [2.24, 2.45) is 0 Å². The van der Waals surface area contributed by atoms with Gasteiger partial charge in [-0.25, -0.2) is 13.2 Å². The van der Waals surface area contributed by atoms with Gasteiger partial charge in [-0.1, -0.05) is 28.1 Å². The van der Waals surface area contributed by atoms with E-state index in [0.29, 0.717) is 0 Å². The first-order valence-corrected chi connectivity index (χ1v) is 8.03. The summed E-state index contributed by atoms with van der Waals surface area (Å²) < 4.78 is 26.7. The second kappa shape index (κ2) is 5.96. The molecule has 112 valence electrons. The van der Waals surface area contributed by atoms with Crippen LogP contribution in [0.25, 0.3) is 0 Å². The number of aromatic nitrogens is 2. The van der Waals surface area contributed by atoms with Gasteiger partial charge < -0.3 is 5.11 Å². The zero-order valence-electron chi connectivity index (χ0n) is 10.9. The van der Waals surface area contributed by atoms with Gasteiger partial charge >= 0.3 is 5.97 Å². The van der Waals surface area contributed by atoms with Crippen LogP contribution in [-0.4, -0.2) is 41.0 Å². The molecule has 0 unspecified atom stereocenters. The lowest BCUT2D eigenvalue weighted by Gasteiger charge is -2.16. The summed E-state index contributed by atoms with van der Waals surface area (Å²) in [5.74, 6) is -1.35. The summed E-state index contributed by atoms with van der Waals surface area (Å²) in [7, 11) is -2.58. The molecule has 0 radical (unpaired) electrons. The zero-order chi connectivity index (χ0) is 15.6. The predicted octanol–water partition coefficient (Wildman–Crippen LogP) is 1.69. The zero-order valence-corrected chi connectivity index (χ0v) is 13.3. The minimum atomic E-state index is -3.96. The van der Waals surface area contributed by atoms with Crippen LogP contribution in [0.1, 0.15) is 15.9 Å². The van der Waals surface area contributed by atoms with E-state index >= 15 is 0 Å². The average Bonchev–Trinajstić information content (AvgIpc) is 2.91. The molecule has 2 rings (SSSR count). The summed E-state index contributed by atoms with van der Waals surface area (Å²) in [6, 6.07) is 7.16. The molecule has 2 aromatic rings. The van der Waals surface area contributed by atoms with Crippen LogP contribution in [0.2, 0.25) is 0 Å². The molecule has 2 N–H and O–H groups in total. The molecule has 0 aliphatic rings. The van der Waals surface area contributed by atoms with Crippen molar-refractivity contribution < 1.29 is 18.3 Å². The van der Waals surface area contributed by atoms with E-state index in [0.717, 1.165) is 20.5 Å². The van der Waals surface area contributed by atoms with E-state index in [4.69, 9.17) is 5.11 Å². The minimum Gasteiger partial charge on any atom is -0.478 e. The second-order valence-electron chi connectivity index (χ2n) is 4.31. The summed E-state index contributed by atoms with van der Waals surface area (Å²) in [6.07, 6.45) is 0.975. The third kappa shape index (κ3) is 3.31. The highest BCUT2D eigenvalue weighted by molar-refractivity contribution is 9.10. The van der Waals surface area contributed by atoms with Gasteiger partial charge in [0.2, 0.25) is 0 Å². The van der Waals surface area contributed by atoms with Crippen LogP contribution in [0.15, 0.2) is 40.0 Å². The summed E-state index contributed by atoms with van der Waals surface area (Å²) in [5.41, 5.74) is 0.401. The van der Waals surface area contributed by atoms with Crippen molar-refractivity contribution in [2.75, 3.05) is 7.05 Å². The fraction of sp³-hybridized carbons (Fsp3) is 0.167. The maximum atomic E-state index is 12.4. The van der Waals surface area contributed by atoms with Crippen molar-refractivity contribution in [1.82, 2.24) is 14.5 Å². The van der Waals surface area contributed by atoms with Crippen molar-refractivity contribution in [3.63, 3.8) is 0 Å². The molecule has 21 heavy (non-hydrogen) atoms. The Morgan fingerprint density at radius 2 is 2.00 bits per heavy atom. The topological polar surface area (TPSA) is 103 Å². The highest BCUT2D eigenvalue weighted by Crippen LogP contribution is 2.19. The number of carbonyl (C=O) groups is 1. The number of carboxylic acids is 1. The summed E-state index contributed by atoms with van der Waals surface area (Å²) in [6.45, 7) is 0.119. The Hall–Kier alpha value is -1.71. The lowest BCUT2D eigenvalue weighted by Crippen LogP contribution is -2.28. The lowest BCUT2D eigenvalue weighted by molar-refractivity contribution is 0.0692. The van der Waals surface area contributed by atoms with Crippen LogP contribution in [0.4, 0.5) is 0 Å². The van der Waals surface area contributed by atoms with Gasteiger partial charge in [0.25, 0.3) is 10.0 Å². The van der Waals surface area contributed by atoms with Crippen molar-refractivity contribution in [3.8, 4) is 0 Å². The molecular weight excluding hydrogens is 362 g/mol. The standard InChI is InChI=1S/C12H12BrN3O4S/c1-16(7-8-2-4-9(13)5-3-8)21(19,20)11-10(12(17)18)6-14-15-11/h2-6H,7H2,1H3,(H,14,15)(H,17,18). The minimum absolute atomic E-state index is 0.119. The van der Waals surface area contributed by atoms with Crippen LogP contribution in [0, 0.1) is 0 Å². The summed E-state index contributed by atoms with van der Waals surface area (Å²) in [5, 5.41) is 14.3. The number of nitrogens with one attached hydrogen (secondary N) is 1. The van der Waals surface area contributed by atoms with Gasteiger partial charge in [0.05, 0.1) is 6.20 Å². The predicted molar refractivity (Wildman–Crippen MR) is 78.3 cm³/mol. The van der Waals surface area contributed by atoms with E-state index in [2.05, 4.69) is 26.1 Å². The molecule has 0 bridgehead atoms. The van der Waals surface area contributed by atoms with Crippen LogP contribution in [0.5, 0.6) is 0 Å². The number of H-pyrrole nitrogens is 1. The van der Waals surface area contributed by atoms with Gasteiger partial charge in [0.15, 0.2) is 5.03 Å². The highest BCUT2D eigenvalue weighted by Gasteiger charge is 2.28. The molecule has 0 saturated heterocycles. The number of rotatable bonds is 5. The SMILES string of the molecule is CN(Cc1ccc(Br)cc1)S(=O)(=O)c1[nH]ncc1C(=O)O. The molecule has 0 spiro atoms. The molecule has 0 aliphatic heterocycles. The number of aromatic amines is 1. The monoisotopic (exact) mass is 373 g/mol. The molecule has 1 aromatic heterocycles. The largest absolute Gasteiger partial charge is 0.478 e. The fourth-order valence-electron chi connectivity index (χ4n) is 1.71. The molecule has 0 atom stereocenters. The average molecular weight is 374 g/mol. The van der Waals surface area contributed by atoms with E-state index in [9.17, 15) is 13.2 Å². The Morgan fingerprint density at radius 1 is 1.38 bits per heavy atom. The number of sulfonamides is 1. The van der Waals surface area contributed by atoms with Gasteiger partial charge in [0, 0.05) is 18.1 Å². The number of nitrogens with zero attached hydrogens (tertiary/aromatic N) is 2. The third-order valence-corrected chi connectivity index (χ3v) is 5.13. The van der Waals surface area contributed by atoms with Gasteiger partial charge in [-0.3, -0.25) is 5.10 Å². The van der Waals surface area contributed by atoms with Crippen molar-refractivity contribution >= 4 is 31.9 Å². The number of hydrogen-bond acceptors (Lipinski definition) is 4. The first-order valence-electron chi connectivity index (χ1n) is 5.80. The highest BCUT2D eigenvalue weighted by atomic mass is 79.9. The van der Waals surface area contributed by atoms with Gasteiger partial charge in [-0.2, -0.15) is 9.40 Å². The van der Waals surface area contributed by atoms with Crippen LogP contribution in [0.3, 0.4) is 0 Å². The van der Waals surface area contributed by atoms with Crippen molar-refractivity contribution in [1.29, 1.82) is 0 Å². The Morgan fingerprint density at radius 3 is 2.57 bits per heavy atom. The molecule has 1 heterocycles. The molecular formula is C12H12BrN3O4S. The number of hydrogen-bond donors (Lipinski definition) is 2. The van der Waals surface area contributed by atoms with E-state index in [-0.39, 0.29) is 12.1 Å². The van der Waals surface area contributed by atoms with Gasteiger partial charge in [-0.15, -0.1) is 0 Å². The maximum Gasteiger partial charge on any atom is 0.340 e. The summed E-state index contributed by atoms with van der Waals surface area (Å²) >= 11 is 3.30. The van der Waals surface area contributed by atoms with E-state index < -0.39 is 21.0 Å². The Bertz CT molecular complexity index is 755. The molecule has 7 nitrogen and oxygen atoms in total. The quantitative estimate of drug-likeness (QED) is 0.829. The number of aromatic carboxylic acids is 1. The van der Waals surface area contributed by atoms with Crippen LogP contribution in [-0.2, 0) is 16.6 Å². The normalized spacial score (nSPS) is 11.8. The Kier molecular flexibility index (Phi) is 4.45. The van der Waals surface area contributed by atoms with Gasteiger partial charge in [-0.05, 0) is 17.7 Å². The fourth-order valence-corrected chi connectivity index (χ4v) is 3.19. The molecule has 0 fully saturated rings. The first-order chi connectivity index (χ1) is 9.82. The lowest BCUT2D eigenvalue weighted by atomic mass is 10.2.